The quantitative estimate of drug-likeness (QED) is 0.599. The summed E-state index contributed by atoms with van der Waals surface area (Å²) in [6.07, 6.45) is 2.08. The lowest BCUT2D eigenvalue weighted by molar-refractivity contribution is -0.0512. The molecular weight excluding hydrogens is 428 g/mol. The molecule has 0 saturated carbocycles. The number of halogens is 2. The summed E-state index contributed by atoms with van der Waals surface area (Å²) in [5.41, 5.74) is 1.26. The Bertz CT molecular complexity index is 1210. The van der Waals surface area contributed by atoms with Crippen molar-refractivity contribution in [2.24, 2.45) is 0 Å². The van der Waals surface area contributed by atoms with Crippen molar-refractivity contribution in [2.75, 3.05) is 13.7 Å². The fourth-order valence-corrected chi connectivity index (χ4v) is 4.86. The van der Waals surface area contributed by atoms with Crippen molar-refractivity contribution < 1.29 is 23.0 Å². The van der Waals surface area contributed by atoms with Crippen LogP contribution < -0.4 is 20.3 Å². The van der Waals surface area contributed by atoms with E-state index < -0.39 is 6.61 Å². The maximum atomic E-state index is 12.8. The predicted molar refractivity (Wildman–Crippen MR) is 113 cm³/mol. The molecule has 10 heteroatoms. The van der Waals surface area contributed by atoms with E-state index in [0.29, 0.717) is 39.2 Å². The molecule has 2 aromatic heterocycles. The molecule has 0 radical (unpaired) electrons. The fourth-order valence-electron chi connectivity index (χ4n) is 3.76. The Balaban J connectivity index is 1.47. The van der Waals surface area contributed by atoms with Crippen molar-refractivity contribution >= 4 is 27.5 Å². The molecule has 0 spiro atoms. The molecule has 1 aliphatic rings. The SMILES string of the molecule is COc1ccc(CCNC(=O)c2sc3nc4n(c(=O)c3c2C)CCC4)cc1OC(F)F. The predicted octanol–water partition coefficient (Wildman–Crippen LogP) is 3.30. The lowest BCUT2D eigenvalue weighted by Crippen LogP contribution is -2.25. The minimum Gasteiger partial charge on any atom is -0.493 e. The average molecular weight is 449 g/mol. The van der Waals surface area contributed by atoms with Crippen LogP contribution in [0, 0.1) is 6.92 Å². The number of methoxy groups -OCH3 is 1. The zero-order valence-electron chi connectivity index (χ0n) is 17.0. The summed E-state index contributed by atoms with van der Waals surface area (Å²) in [6.45, 7) is -0.252. The van der Waals surface area contributed by atoms with Crippen LogP contribution in [0.15, 0.2) is 23.0 Å². The van der Waals surface area contributed by atoms with Crippen molar-refractivity contribution in [3.63, 3.8) is 0 Å². The number of carbonyl (C=O) groups is 1. The van der Waals surface area contributed by atoms with E-state index in [4.69, 9.17) is 4.74 Å². The first-order chi connectivity index (χ1) is 14.9. The average Bonchev–Trinajstić information content (AvgIpc) is 3.33. The van der Waals surface area contributed by atoms with Gasteiger partial charge in [0.2, 0.25) is 0 Å². The summed E-state index contributed by atoms with van der Waals surface area (Å²) in [5.74, 6) is 0.635. The molecule has 0 saturated heterocycles. The molecule has 3 aromatic rings. The number of hydrogen-bond acceptors (Lipinski definition) is 6. The fraction of sp³-hybridized carbons (Fsp3) is 0.381. The number of nitrogens with one attached hydrogen (secondary N) is 1. The number of aromatic nitrogens is 2. The van der Waals surface area contributed by atoms with Gasteiger partial charge in [0, 0.05) is 19.5 Å². The number of fused-ring (bicyclic) bond motifs is 2. The van der Waals surface area contributed by atoms with E-state index in [0.717, 1.165) is 18.7 Å². The second-order valence-electron chi connectivity index (χ2n) is 7.19. The van der Waals surface area contributed by atoms with Gasteiger partial charge in [-0.15, -0.1) is 11.3 Å². The van der Waals surface area contributed by atoms with Crippen LogP contribution in [0.4, 0.5) is 8.78 Å². The summed E-state index contributed by atoms with van der Waals surface area (Å²) in [7, 11) is 1.37. The van der Waals surface area contributed by atoms with Gasteiger partial charge in [0.15, 0.2) is 11.5 Å². The summed E-state index contributed by atoms with van der Waals surface area (Å²) < 4.78 is 36.4. The van der Waals surface area contributed by atoms with E-state index in [9.17, 15) is 18.4 Å². The molecule has 0 bridgehead atoms. The summed E-state index contributed by atoms with van der Waals surface area (Å²) in [4.78, 5) is 31.1. The molecule has 1 aromatic carbocycles. The van der Waals surface area contributed by atoms with Gasteiger partial charge in [-0.25, -0.2) is 4.98 Å². The van der Waals surface area contributed by atoms with E-state index >= 15 is 0 Å². The molecule has 0 atom stereocenters. The second-order valence-corrected chi connectivity index (χ2v) is 8.19. The molecule has 31 heavy (non-hydrogen) atoms. The van der Waals surface area contributed by atoms with Gasteiger partial charge in [-0.3, -0.25) is 14.2 Å². The third-order valence-corrected chi connectivity index (χ3v) is 6.45. The van der Waals surface area contributed by atoms with Gasteiger partial charge in [-0.2, -0.15) is 8.78 Å². The highest BCUT2D eigenvalue weighted by Crippen LogP contribution is 2.30. The molecular formula is C21H21F2N3O4S. The van der Waals surface area contributed by atoms with Crippen LogP contribution in [0.5, 0.6) is 11.5 Å². The summed E-state index contributed by atoms with van der Waals surface area (Å²) in [5, 5.41) is 3.33. The molecule has 0 unspecified atom stereocenters. The highest BCUT2D eigenvalue weighted by molar-refractivity contribution is 7.20. The molecule has 164 valence electrons. The Kier molecular flexibility index (Phi) is 5.90. The van der Waals surface area contributed by atoms with E-state index in [1.807, 2.05) is 0 Å². The number of amides is 1. The Hall–Kier alpha value is -3.01. The molecule has 1 amide bonds. The number of aryl methyl sites for hydroxylation is 2. The van der Waals surface area contributed by atoms with E-state index in [1.165, 1.54) is 24.5 Å². The van der Waals surface area contributed by atoms with E-state index in [1.54, 1.807) is 23.6 Å². The van der Waals surface area contributed by atoms with Crippen LogP contribution in [-0.4, -0.2) is 35.7 Å². The monoisotopic (exact) mass is 449 g/mol. The van der Waals surface area contributed by atoms with Crippen molar-refractivity contribution in [1.82, 2.24) is 14.9 Å². The first-order valence-electron chi connectivity index (χ1n) is 9.81. The van der Waals surface area contributed by atoms with Crippen molar-refractivity contribution in [3.05, 3.63) is 50.4 Å². The molecule has 1 aliphatic heterocycles. The number of rotatable bonds is 7. The Morgan fingerprint density at radius 1 is 1.35 bits per heavy atom. The number of alkyl halides is 2. The highest BCUT2D eigenvalue weighted by atomic mass is 32.1. The highest BCUT2D eigenvalue weighted by Gasteiger charge is 2.23. The van der Waals surface area contributed by atoms with Gasteiger partial charge in [-0.1, -0.05) is 6.07 Å². The number of benzene rings is 1. The van der Waals surface area contributed by atoms with E-state index in [2.05, 4.69) is 15.0 Å². The summed E-state index contributed by atoms with van der Waals surface area (Å²) >= 11 is 1.22. The zero-order chi connectivity index (χ0) is 22.1. The van der Waals surface area contributed by atoms with Crippen LogP contribution in [0.2, 0.25) is 0 Å². The molecule has 0 aliphatic carbocycles. The molecule has 7 nitrogen and oxygen atoms in total. The van der Waals surface area contributed by atoms with Crippen molar-refractivity contribution in [2.45, 2.75) is 39.3 Å². The van der Waals surface area contributed by atoms with Gasteiger partial charge in [0.05, 0.1) is 17.4 Å². The van der Waals surface area contributed by atoms with E-state index in [-0.39, 0.29) is 29.5 Å². The van der Waals surface area contributed by atoms with Gasteiger partial charge in [0.25, 0.3) is 11.5 Å². The van der Waals surface area contributed by atoms with Gasteiger partial charge in [0.1, 0.15) is 10.7 Å². The van der Waals surface area contributed by atoms with Crippen LogP contribution >= 0.6 is 11.3 Å². The molecule has 3 heterocycles. The first kappa shape index (κ1) is 21.2. The Morgan fingerprint density at radius 2 is 2.16 bits per heavy atom. The number of thiophene rings is 1. The third kappa shape index (κ3) is 4.12. The Labute approximate surface area is 180 Å². The third-order valence-electron chi connectivity index (χ3n) is 5.26. The molecule has 0 fully saturated rings. The number of ether oxygens (including phenoxy) is 2. The molecule has 4 rings (SSSR count). The lowest BCUT2D eigenvalue weighted by atomic mass is 10.1. The van der Waals surface area contributed by atoms with Crippen LogP contribution in [-0.2, 0) is 19.4 Å². The van der Waals surface area contributed by atoms with Gasteiger partial charge < -0.3 is 14.8 Å². The maximum Gasteiger partial charge on any atom is 0.387 e. The zero-order valence-corrected chi connectivity index (χ0v) is 17.9. The molecule has 1 N–H and O–H groups in total. The number of carbonyl (C=O) groups excluding carboxylic acids is 1. The largest absolute Gasteiger partial charge is 0.493 e. The smallest absolute Gasteiger partial charge is 0.387 e. The standard InChI is InChI=1S/C21H21F2N3O4S/c1-11-16-19(25-15-4-3-9-26(15)20(16)28)31-17(11)18(27)24-8-7-12-5-6-13(29-2)14(10-12)30-21(22)23/h5-6,10,21H,3-4,7-9H2,1-2H3,(H,24,27). The minimum atomic E-state index is -2.96. The number of hydrogen-bond donors (Lipinski definition) is 1. The maximum absolute atomic E-state index is 12.8. The van der Waals surface area contributed by atoms with Gasteiger partial charge >= 0.3 is 6.61 Å². The number of nitrogens with zero attached hydrogens (tertiary/aromatic N) is 2. The second kappa shape index (κ2) is 8.62. The summed E-state index contributed by atoms with van der Waals surface area (Å²) in [6, 6.07) is 4.73. The topological polar surface area (TPSA) is 82.5 Å². The van der Waals surface area contributed by atoms with Crippen LogP contribution in [0.1, 0.15) is 33.0 Å². The van der Waals surface area contributed by atoms with Gasteiger partial charge in [-0.05, 0) is 43.0 Å². The normalized spacial score (nSPS) is 12.9. The van der Waals surface area contributed by atoms with Crippen LogP contribution in [0.25, 0.3) is 10.2 Å². The van der Waals surface area contributed by atoms with Crippen molar-refractivity contribution in [3.8, 4) is 11.5 Å². The van der Waals surface area contributed by atoms with Crippen molar-refractivity contribution in [1.29, 1.82) is 0 Å². The Morgan fingerprint density at radius 3 is 2.90 bits per heavy atom. The lowest BCUT2D eigenvalue weighted by Gasteiger charge is -2.12. The van der Waals surface area contributed by atoms with Crippen LogP contribution in [0.3, 0.4) is 0 Å². The minimum absolute atomic E-state index is 0.0544. The first-order valence-corrected chi connectivity index (χ1v) is 10.6.